The quantitative estimate of drug-likeness (QED) is 0.615. The molecular weight excluding hydrogens is 180 g/mol. The standard InChI is InChI=1S/C10H18N2O2/c13-10(9-7-11-5-6-12-9)14-8-3-1-2-4-8/h8-9,11-12H,1-7H2. The number of hydrogen-bond acceptors (Lipinski definition) is 4. The van der Waals surface area contributed by atoms with Crippen LogP contribution in [0.5, 0.6) is 0 Å². The summed E-state index contributed by atoms with van der Waals surface area (Å²) in [6, 6.07) is -0.135. The summed E-state index contributed by atoms with van der Waals surface area (Å²) in [6.07, 6.45) is 4.69. The highest BCUT2D eigenvalue weighted by Gasteiger charge is 2.26. The van der Waals surface area contributed by atoms with Gasteiger partial charge in [-0.2, -0.15) is 0 Å². The number of rotatable bonds is 2. The van der Waals surface area contributed by atoms with Gasteiger partial charge in [-0.3, -0.25) is 4.79 Å². The number of hydrogen-bond donors (Lipinski definition) is 2. The van der Waals surface area contributed by atoms with E-state index in [2.05, 4.69) is 10.6 Å². The molecule has 2 rings (SSSR count). The highest BCUT2D eigenvalue weighted by Crippen LogP contribution is 2.21. The van der Waals surface area contributed by atoms with E-state index < -0.39 is 0 Å². The van der Waals surface area contributed by atoms with E-state index in [0.717, 1.165) is 25.9 Å². The van der Waals surface area contributed by atoms with Gasteiger partial charge in [-0.1, -0.05) is 0 Å². The number of carbonyl (C=O) groups excluding carboxylic acids is 1. The summed E-state index contributed by atoms with van der Waals surface area (Å²) in [6.45, 7) is 2.49. The molecule has 1 aliphatic heterocycles. The van der Waals surface area contributed by atoms with Crippen molar-refractivity contribution in [1.29, 1.82) is 0 Å². The van der Waals surface area contributed by atoms with E-state index in [1.807, 2.05) is 0 Å². The second-order valence-electron chi connectivity index (χ2n) is 4.05. The summed E-state index contributed by atoms with van der Waals surface area (Å²) >= 11 is 0. The molecule has 1 heterocycles. The molecule has 0 bridgehead atoms. The van der Waals surface area contributed by atoms with Gasteiger partial charge >= 0.3 is 5.97 Å². The SMILES string of the molecule is O=C(OC1CCCC1)C1CNCCN1. The molecule has 14 heavy (non-hydrogen) atoms. The number of carbonyl (C=O) groups is 1. The number of nitrogens with one attached hydrogen (secondary N) is 2. The molecule has 2 aliphatic rings. The summed E-state index contributed by atoms with van der Waals surface area (Å²) in [4.78, 5) is 11.6. The van der Waals surface area contributed by atoms with Crippen LogP contribution in [0.3, 0.4) is 0 Å². The lowest BCUT2D eigenvalue weighted by atomic mass is 10.2. The predicted octanol–water partition coefficient (Wildman–Crippen LogP) is 0.0336. The smallest absolute Gasteiger partial charge is 0.324 e. The lowest BCUT2D eigenvalue weighted by Crippen LogP contribution is -2.53. The molecule has 4 nitrogen and oxygen atoms in total. The van der Waals surface area contributed by atoms with Crippen molar-refractivity contribution in [1.82, 2.24) is 10.6 Å². The molecule has 80 valence electrons. The van der Waals surface area contributed by atoms with E-state index in [-0.39, 0.29) is 18.1 Å². The first kappa shape index (κ1) is 9.93. The van der Waals surface area contributed by atoms with E-state index in [9.17, 15) is 4.79 Å². The van der Waals surface area contributed by atoms with Gasteiger partial charge < -0.3 is 15.4 Å². The molecule has 0 spiro atoms. The van der Waals surface area contributed by atoms with Crippen LogP contribution in [0.1, 0.15) is 25.7 Å². The van der Waals surface area contributed by atoms with Crippen LogP contribution in [0.2, 0.25) is 0 Å². The van der Waals surface area contributed by atoms with E-state index in [0.29, 0.717) is 6.54 Å². The molecule has 1 unspecified atom stereocenters. The summed E-state index contributed by atoms with van der Waals surface area (Å²) in [5, 5.41) is 6.33. The van der Waals surface area contributed by atoms with E-state index >= 15 is 0 Å². The summed E-state index contributed by atoms with van der Waals surface area (Å²) in [5.74, 6) is -0.0795. The van der Waals surface area contributed by atoms with Gasteiger partial charge in [0.25, 0.3) is 0 Å². The van der Waals surface area contributed by atoms with Gasteiger partial charge in [0.2, 0.25) is 0 Å². The fourth-order valence-electron chi connectivity index (χ4n) is 2.07. The molecule has 1 saturated heterocycles. The second-order valence-corrected chi connectivity index (χ2v) is 4.05. The van der Waals surface area contributed by atoms with Gasteiger partial charge in [-0.05, 0) is 25.7 Å². The Kier molecular flexibility index (Phi) is 3.37. The minimum atomic E-state index is -0.135. The maximum Gasteiger partial charge on any atom is 0.324 e. The first-order valence-corrected chi connectivity index (χ1v) is 5.51. The summed E-state index contributed by atoms with van der Waals surface area (Å²) in [5.41, 5.74) is 0. The van der Waals surface area contributed by atoms with E-state index in [1.165, 1.54) is 12.8 Å². The van der Waals surface area contributed by atoms with Crippen LogP contribution in [0.4, 0.5) is 0 Å². The van der Waals surface area contributed by atoms with Crippen LogP contribution in [-0.2, 0) is 9.53 Å². The van der Waals surface area contributed by atoms with Crippen molar-refractivity contribution in [3.63, 3.8) is 0 Å². The average molecular weight is 198 g/mol. The molecule has 0 aromatic rings. The lowest BCUT2D eigenvalue weighted by molar-refractivity contribution is -0.151. The van der Waals surface area contributed by atoms with Gasteiger partial charge in [-0.25, -0.2) is 0 Å². The Morgan fingerprint density at radius 2 is 2.00 bits per heavy atom. The number of ether oxygens (including phenoxy) is 1. The zero-order valence-electron chi connectivity index (χ0n) is 8.42. The Morgan fingerprint density at radius 1 is 1.21 bits per heavy atom. The normalized spacial score (nSPS) is 29.0. The first-order valence-electron chi connectivity index (χ1n) is 5.51. The molecular formula is C10H18N2O2. The zero-order valence-corrected chi connectivity index (χ0v) is 8.42. The highest BCUT2D eigenvalue weighted by atomic mass is 16.5. The van der Waals surface area contributed by atoms with Crippen LogP contribution < -0.4 is 10.6 Å². The lowest BCUT2D eigenvalue weighted by Gasteiger charge is -2.24. The van der Waals surface area contributed by atoms with Crippen molar-refractivity contribution in [3.05, 3.63) is 0 Å². The topological polar surface area (TPSA) is 50.4 Å². The third-order valence-corrected chi connectivity index (χ3v) is 2.91. The van der Waals surface area contributed by atoms with Crippen molar-refractivity contribution in [2.45, 2.75) is 37.8 Å². The van der Waals surface area contributed by atoms with Gasteiger partial charge in [0.15, 0.2) is 0 Å². The van der Waals surface area contributed by atoms with Crippen molar-refractivity contribution in [3.8, 4) is 0 Å². The monoisotopic (exact) mass is 198 g/mol. The van der Waals surface area contributed by atoms with Crippen molar-refractivity contribution >= 4 is 5.97 Å². The van der Waals surface area contributed by atoms with Crippen LogP contribution >= 0.6 is 0 Å². The maximum atomic E-state index is 11.6. The molecule has 2 N–H and O–H groups in total. The molecule has 0 radical (unpaired) electrons. The van der Waals surface area contributed by atoms with Gasteiger partial charge in [0, 0.05) is 19.6 Å². The Labute approximate surface area is 84.4 Å². The molecule has 2 fully saturated rings. The minimum absolute atomic E-state index is 0.0795. The third-order valence-electron chi connectivity index (χ3n) is 2.91. The summed E-state index contributed by atoms with van der Waals surface area (Å²) < 4.78 is 5.41. The molecule has 4 heteroatoms. The van der Waals surface area contributed by atoms with E-state index in [1.54, 1.807) is 0 Å². The van der Waals surface area contributed by atoms with Crippen molar-refractivity contribution < 1.29 is 9.53 Å². The van der Waals surface area contributed by atoms with E-state index in [4.69, 9.17) is 4.74 Å². The van der Waals surface area contributed by atoms with Gasteiger partial charge in [0.05, 0.1) is 0 Å². The first-order chi connectivity index (χ1) is 6.86. The second kappa shape index (κ2) is 4.75. The molecule has 1 saturated carbocycles. The van der Waals surface area contributed by atoms with Crippen LogP contribution in [-0.4, -0.2) is 37.7 Å². The Morgan fingerprint density at radius 3 is 2.64 bits per heavy atom. The van der Waals surface area contributed by atoms with Crippen LogP contribution in [0.15, 0.2) is 0 Å². The van der Waals surface area contributed by atoms with Crippen LogP contribution in [0, 0.1) is 0 Å². The minimum Gasteiger partial charge on any atom is -0.461 e. The molecule has 0 aromatic heterocycles. The maximum absolute atomic E-state index is 11.6. The average Bonchev–Trinajstić information content (AvgIpc) is 2.72. The van der Waals surface area contributed by atoms with Crippen molar-refractivity contribution in [2.24, 2.45) is 0 Å². The highest BCUT2D eigenvalue weighted by molar-refractivity contribution is 5.76. The largest absolute Gasteiger partial charge is 0.461 e. The fourth-order valence-corrected chi connectivity index (χ4v) is 2.07. The Bertz CT molecular complexity index is 196. The Hall–Kier alpha value is -0.610. The zero-order chi connectivity index (χ0) is 9.80. The van der Waals surface area contributed by atoms with Crippen molar-refractivity contribution in [2.75, 3.05) is 19.6 Å². The van der Waals surface area contributed by atoms with Crippen LogP contribution in [0.25, 0.3) is 0 Å². The van der Waals surface area contributed by atoms with Gasteiger partial charge in [-0.15, -0.1) is 0 Å². The molecule has 0 amide bonds. The fraction of sp³-hybridized carbons (Fsp3) is 0.900. The third kappa shape index (κ3) is 2.45. The molecule has 1 atom stereocenters. The van der Waals surface area contributed by atoms with Gasteiger partial charge in [0.1, 0.15) is 12.1 Å². The predicted molar refractivity (Wildman–Crippen MR) is 53.0 cm³/mol. The summed E-state index contributed by atoms with van der Waals surface area (Å²) in [7, 11) is 0. The number of esters is 1. The molecule has 1 aliphatic carbocycles. The number of piperazine rings is 1. The Balaban J connectivity index is 1.75. The molecule has 0 aromatic carbocycles.